The molecule has 2 N–H and O–H groups in total. The van der Waals surface area contributed by atoms with E-state index >= 15 is 0 Å². The van der Waals surface area contributed by atoms with Crippen LogP contribution in [-0.4, -0.2) is 83.7 Å². The van der Waals surface area contributed by atoms with Gasteiger partial charge >= 0.3 is 0 Å². The molecule has 3 aliphatic rings. The number of amides is 1. The van der Waals surface area contributed by atoms with Gasteiger partial charge in [-0.2, -0.15) is 0 Å². The molecular weight excluding hydrogens is 520 g/mol. The fourth-order valence-corrected chi connectivity index (χ4v) is 6.64. The Hall–Kier alpha value is -3.40. The molecule has 3 aromatic rings. The third-order valence-electron chi connectivity index (χ3n) is 8.72. The number of aliphatic hydroxyl groups is 1. The number of piperazine rings is 1. The normalized spacial score (nSPS) is 24.1. The summed E-state index contributed by atoms with van der Waals surface area (Å²) in [5.74, 6) is 1.68. The van der Waals surface area contributed by atoms with Gasteiger partial charge < -0.3 is 34.1 Å². The summed E-state index contributed by atoms with van der Waals surface area (Å²) < 4.78 is 19.2. The van der Waals surface area contributed by atoms with E-state index in [4.69, 9.17) is 19.2 Å². The predicted octanol–water partition coefficient (Wildman–Crippen LogP) is 3.86. The molecule has 2 aromatic carbocycles. The standard InChI is InChI=1S/C32H40N4O5/c1-39-21-32(38)14-6-5-9-28(32)36-22-34-29(30(36)23-7-3-2-4-8-23)31(37)35-16-15-33-20-25(35)13-18-40-26-10-11-27-24(19-26)12-17-41-27/h2-4,7-8,10-11,19,22,25,28,33,38H,5-6,9,12-18,20-21H2,1H3/t25-,28-,32-/m1/s1. The van der Waals surface area contributed by atoms with Crippen molar-refractivity contribution in [2.75, 3.05) is 46.6 Å². The summed E-state index contributed by atoms with van der Waals surface area (Å²) in [6, 6.07) is 15.6. The summed E-state index contributed by atoms with van der Waals surface area (Å²) in [6.07, 6.45) is 6.74. The largest absolute Gasteiger partial charge is 0.494 e. The lowest BCUT2D eigenvalue weighted by molar-refractivity contribution is -0.0893. The molecule has 3 heterocycles. The molecule has 9 heteroatoms. The monoisotopic (exact) mass is 560 g/mol. The van der Waals surface area contributed by atoms with Crippen LogP contribution in [0.5, 0.6) is 11.5 Å². The van der Waals surface area contributed by atoms with E-state index in [2.05, 4.69) is 11.4 Å². The second kappa shape index (κ2) is 12.2. The van der Waals surface area contributed by atoms with Crippen molar-refractivity contribution in [3.05, 3.63) is 66.1 Å². The second-order valence-electron chi connectivity index (χ2n) is 11.4. The molecule has 2 aliphatic heterocycles. The highest BCUT2D eigenvalue weighted by Gasteiger charge is 2.42. The van der Waals surface area contributed by atoms with Gasteiger partial charge in [0.05, 0.1) is 37.9 Å². The fraction of sp³-hybridized carbons (Fsp3) is 0.500. The van der Waals surface area contributed by atoms with E-state index in [0.717, 1.165) is 61.6 Å². The van der Waals surface area contributed by atoms with E-state index in [1.54, 1.807) is 13.4 Å². The van der Waals surface area contributed by atoms with Crippen molar-refractivity contribution in [2.45, 2.75) is 56.2 Å². The molecule has 1 saturated carbocycles. The average molecular weight is 561 g/mol. The van der Waals surface area contributed by atoms with Crippen molar-refractivity contribution < 1.29 is 24.1 Å². The summed E-state index contributed by atoms with van der Waals surface area (Å²) in [5.41, 5.74) is 2.25. The number of benzene rings is 2. The van der Waals surface area contributed by atoms with Gasteiger partial charge in [-0.1, -0.05) is 43.2 Å². The highest BCUT2D eigenvalue weighted by molar-refractivity contribution is 5.98. The van der Waals surface area contributed by atoms with Gasteiger partial charge in [0.2, 0.25) is 0 Å². The van der Waals surface area contributed by atoms with Gasteiger partial charge in [0.1, 0.15) is 17.1 Å². The number of nitrogens with zero attached hydrogens (tertiary/aromatic N) is 3. The molecule has 1 amide bonds. The minimum absolute atomic E-state index is 0.0251. The van der Waals surface area contributed by atoms with Gasteiger partial charge in [0, 0.05) is 56.8 Å². The average Bonchev–Trinajstić information content (AvgIpc) is 3.65. The Morgan fingerprint density at radius 3 is 2.95 bits per heavy atom. The summed E-state index contributed by atoms with van der Waals surface area (Å²) in [7, 11) is 1.62. The topological polar surface area (TPSA) is 98.1 Å². The van der Waals surface area contributed by atoms with Crippen molar-refractivity contribution in [2.24, 2.45) is 0 Å². The van der Waals surface area contributed by atoms with E-state index in [0.29, 0.717) is 38.2 Å². The van der Waals surface area contributed by atoms with Crippen molar-refractivity contribution in [1.29, 1.82) is 0 Å². The van der Waals surface area contributed by atoms with Crippen LogP contribution in [0.3, 0.4) is 0 Å². The highest BCUT2D eigenvalue weighted by atomic mass is 16.5. The maximum Gasteiger partial charge on any atom is 0.275 e. The number of rotatable bonds is 9. The lowest BCUT2D eigenvalue weighted by atomic mass is 9.80. The van der Waals surface area contributed by atoms with Crippen LogP contribution >= 0.6 is 0 Å². The van der Waals surface area contributed by atoms with Crippen molar-refractivity contribution in [1.82, 2.24) is 19.8 Å². The number of aromatic nitrogens is 2. The molecule has 0 bridgehead atoms. The Bertz CT molecular complexity index is 1340. The number of imidazole rings is 1. The molecule has 2 fully saturated rings. The van der Waals surface area contributed by atoms with Crippen LogP contribution in [0, 0.1) is 0 Å². The number of hydrogen-bond acceptors (Lipinski definition) is 7. The van der Waals surface area contributed by atoms with E-state index in [-0.39, 0.29) is 24.6 Å². The molecule has 41 heavy (non-hydrogen) atoms. The number of carbonyl (C=O) groups is 1. The van der Waals surface area contributed by atoms with Gasteiger partial charge in [-0.05, 0) is 31.0 Å². The number of nitrogens with one attached hydrogen (secondary N) is 1. The van der Waals surface area contributed by atoms with Crippen LogP contribution in [0.1, 0.15) is 54.2 Å². The zero-order valence-electron chi connectivity index (χ0n) is 23.8. The lowest BCUT2D eigenvalue weighted by Crippen LogP contribution is -2.54. The SMILES string of the molecule is COC[C@]1(O)CCCC[C@H]1n1cnc(C(=O)N2CCNC[C@H]2CCOc2ccc3c(c2)CCO3)c1-c1ccccc1. The summed E-state index contributed by atoms with van der Waals surface area (Å²) in [4.78, 5) is 20.9. The van der Waals surface area contributed by atoms with E-state index in [9.17, 15) is 9.90 Å². The highest BCUT2D eigenvalue weighted by Crippen LogP contribution is 2.41. The third kappa shape index (κ3) is 5.71. The Morgan fingerprint density at radius 1 is 1.22 bits per heavy atom. The van der Waals surface area contributed by atoms with Crippen molar-refractivity contribution in [3.8, 4) is 22.8 Å². The number of hydrogen-bond donors (Lipinski definition) is 2. The summed E-state index contributed by atoms with van der Waals surface area (Å²) >= 11 is 0. The van der Waals surface area contributed by atoms with E-state index in [1.165, 1.54) is 5.56 Å². The molecule has 6 rings (SSSR count). The summed E-state index contributed by atoms with van der Waals surface area (Å²) in [6.45, 7) is 3.48. The van der Waals surface area contributed by atoms with Crippen molar-refractivity contribution in [3.63, 3.8) is 0 Å². The number of methoxy groups -OCH3 is 1. The van der Waals surface area contributed by atoms with Crippen LogP contribution in [0.25, 0.3) is 11.3 Å². The minimum atomic E-state index is -1.02. The Kier molecular flexibility index (Phi) is 8.27. The fourth-order valence-electron chi connectivity index (χ4n) is 6.64. The maximum absolute atomic E-state index is 14.2. The zero-order valence-corrected chi connectivity index (χ0v) is 23.8. The molecule has 1 aromatic heterocycles. The first-order valence-electron chi connectivity index (χ1n) is 14.8. The van der Waals surface area contributed by atoms with Crippen molar-refractivity contribution >= 4 is 5.91 Å². The second-order valence-corrected chi connectivity index (χ2v) is 11.4. The van der Waals surface area contributed by atoms with Crippen LogP contribution in [-0.2, 0) is 11.2 Å². The quantitative estimate of drug-likeness (QED) is 0.410. The molecule has 1 saturated heterocycles. The van der Waals surface area contributed by atoms with Gasteiger partial charge in [-0.25, -0.2) is 4.98 Å². The minimum Gasteiger partial charge on any atom is -0.494 e. The molecule has 218 valence electrons. The number of fused-ring (bicyclic) bond motifs is 1. The van der Waals surface area contributed by atoms with E-state index in [1.807, 2.05) is 51.9 Å². The number of ether oxygens (including phenoxy) is 3. The van der Waals surface area contributed by atoms with Crippen LogP contribution < -0.4 is 14.8 Å². The number of carbonyl (C=O) groups excluding carboxylic acids is 1. The maximum atomic E-state index is 14.2. The van der Waals surface area contributed by atoms with E-state index < -0.39 is 5.60 Å². The zero-order chi connectivity index (χ0) is 28.2. The first-order valence-corrected chi connectivity index (χ1v) is 14.8. The first kappa shape index (κ1) is 27.8. The molecule has 9 nitrogen and oxygen atoms in total. The van der Waals surface area contributed by atoms with Crippen LogP contribution in [0.15, 0.2) is 54.9 Å². The smallest absolute Gasteiger partial charge is 0.275 e. The summed E-state index contributed by atoms with van der Waals surface area (Å²) in [5, 5.41) is 15.1. The molecular formula is C32H40N4O5. The van der Waals surface area contributed by atoms with Gasteiger partial charge in [0.15, 0.2) is 5.69 Å². The van der Waals surface area contributed by atoms with Crippen LogP contribution in [0.2, 0.25) is 0 Å². The van der Waals surface area contributed by atoms with Gasteiger partial charge in [0.25, 0.3) is 5.91 Å². The third-order valence-corrected chi connectivity index (χ3v) is 8.72. The molecule has 0 radical (unpaired) electrons. The molecule has 3 atom stereocenters. The lowest BCUT2D eigenvalue weighted by Gasteiger charge is -2.41. The first-order chi connectivity index (χ1) is 20.1. The Labute approximate surface area is 241 Å². The van der Waals surface area contributed by atoms with Gasteiger partial charge in [-0.3, -0.25) is 4.79 Å². The molecule has 0 spiro atoms. The Morgan fingerprint density at radius 2 is 2.10 bits per heavy atom. The Balaban J connectivity index is 1.24. The van der Waals surface area contributed by atoms with Crippen LogP contribution in [0.4, 0.5) is 0 Å². The molecule has 1 aliphatic carbocycles. The predicted molar refractivity (Wildman–Crippen MR) is 155 cm³/mol. The molecule has 0 unspecified atom stereocenters. The van der Waals surface area contributed by atoms with Gasteiger partial charge in [-0.15, -0.1) is 0 Å².